The number of likely N-dealkylation sites (tertiary alicyclic amines) is 1. The van der Waals surface area contributed by atoms with Gasteiger partial charge in [-0.1, -0.05) is 70.7 Å². The van der Waals surface area contributed by atoms with Crippen LogP contribution in [0, 0.1) is 17.3 Å². The summed E-state index contributed by atoms with van der Waals surface area (Å²) in [6.07, 6.45) is 6.26. The van der Waals surface area contributed by atoms with Gasteiger partial charge in [0.25, 0.3) is 0 Å². The number of nitrogens with zero attached hydrogens (tertiary/aromatic N) is 1. The molecule has 2 fully saturated rings. The molecule has 2 aliphatic rings. The van der Waals surface area contributed by atoms with Gasteiger partial charge in [0, 0.05) is 24.0 Å². The molecule has 2 amide bonds. The number of hydrogen-bond donors (Lipinski definition) is 1. The fourth-order valence-electron chi connectivity index (χ4n) is 5.20. The van der Waals surface area contributed by atoms with Gasteiger partial charge in [0.15, 0.2) is 0 Å². The van der Waals surface area contributed by atoms with Gasteiger partial charge in [-0.15, -0.1) is 0 Å². The minimum absolute atomic E-state index is 0.0450. The Balaban J connectivity index is 1.67. The van der Waals surface area contributed by atoms with Crippen LogP contribution in [0.15, 0.2) is 24.3 Å². The lowest BCUT2D eigenvalue weighted by molar-refractivity contribution is -0.141. The van der Waals surface area contributed by atoms with Gasteiger partial charge < -0.3 is 10.2 Å². The van der Waals surface area contributed by atoms with E-state index in [9.17, 15) is 9.59 Å². The minimum atomic E-state index is -0.442. The quantitative estimate of drug-likeness (QED) is 0.676. The van der Waals surface area contributed by atoms with Crippen LogP contribution < -0.4 is 5.32 Å². The molecule has 166 valence electrons. The molecule has 1 aliphatic heterocycles. The number of rotatable bonds is 5. The second-order valence-electron chi connectivity index (χ2n) is 10.2. The Labute approximate surface area is 186 Å². The van der Waals surface area contributed by atoms with Crippen LogP contribution in [0.2, 0.25) is 5.02 Å². The molecule has 5 heteroatoms. The fourth-order valence-corrected chi connectivity index (χ4v) is 5.33. The van der Waals surface area contributed by atoms with Crippen molar-refractivity contribution in [1.82, 2.24) is 10.2 Å². The molecule has 4 nitrogen and oxygen atoms in total. The second-order valence-corrected chi connectivity index (χ2v) is 10.6. The van der Waals surface area contributed by atoms with E-state index in [-0.39, 0.29) is 29.1 Å². The Kier molecular flexibility index (Phi) is 7.49. The summed E-state index contributed by atoms with van der Waals surface area (Å²) < 4.78 is 0. The lowest BCUT2D eigenvalue weighted by atomic mass is 9.70. The Morgan fingerprint density at radius 3 is 2.27 bits per heavy atom. The Hall–Kier alpha value is -1.55. The van der Waals surface area contributed by atoms with E-state index in [0.29, 0.717) is 12.5 Å². The second kappa shape index (κ2) is 9.72. The van der Waals surface area contributed by atoms with Crippen molar-refractivity contribution in [1.29, 1.82) is 0 Å². The van der Waals surface area contributed by atoms with E-state index >= 15 is 0 Å². The van der Waals surface area contributed by atoms with Gasteiger partial charge in [-0.05, 0) is 54.2 Å². The van der Waals surface area contributed by atoms with Crippen molar-refractivity contribution in [2.45, 2.75) is 78.2 Å². The summed E-state index contributed by atoms with van der Waals surface area (Å²) in [6.45, 7) is 9.93. The maximum Gasteiger partial charge on any atom is 0.245 e. The van der Waals surface area contributed by atoms with Crippen LogP contribution in [0.1, 0.15) is 77.7 Å². The number of nitrogens with one attached hydrogen (secondary N) is 1. The largest absolute Gasteiger partial charge is 0.344 e. The first-order chi connectivity index (χ1) is 14.2. The van der Waals surface area contributed by atoms with E-state index in [1.54, 1.807) is 0 Å². The van der Waals surface area contributed by atoms with Crippen LogP contribution in [0.25, 0.3) is 0 Å². The number of amides is 2. The van der Waals surface area contributed by atoms with E-state index in [2.05, 4.69) is 31.3 Å². The summed E-state index contributed by atoms with van der Waals surface area (Å²) in [5.41, 5.74) is 1.24. The van der Waals surface area contributed by atoms with Crippen LogP contribution >= 0.6 is 11.6 Å². The standard InChI is InChI=1S/C25H37ClN2O2/c1-17(2)22(27-23(29)19-8-6-5-7-9-19)24(30)28-15-14-21(25(3,4)16-28)18-10-12-20(26)13-11-18/h10-13,17,19,21-22H,5-9,14-16H2,1-4H3,(H,27,29)/t21?,22-/m1/s1. The van der Waals surface area contributed by atoms with Gasteiger partial charge in [-0.25, -0.2) is 0 Å². The maximum atomic E-state index is 13.4. The zero-order valence-corrected chi connectivity index (χ0v) is 19.7. The van der Waals surface area contributed by atoms with Crippen molar-refractivity contribution in [2.75, 3.05) is 13.1 Å². The van der Waals surface area contributed by atoms with Crippen LogP contribution in [-0.2, 0) is 9.59 Å². The first-order valence-corrected chi connectivity index (χ1v) is 11.9. The summed E-state index contributed by atoms with van der Waals surface area (Å²) in [6, 6.07) is 7.66. The van der Waals surface area contributed by atoms with Gasteiger partial charge in [0.1, 0.15) is 6.04 Å². The molecule has 1 saturated heterocycles. The molecule has 1 aromatic carbocycles. The molecule has 1 unspecified atom stereocenters. The zero-order chi connectivity index (χ0) is 21.9. The van der Waals surface area contributed by atoms with Gasteiger partial charge in [-0.2, -0.15) is 0 Å². The monoisotopic (exact) mass is 432 g/mol. The van der Waals surface area contributed by atoms with Crippen molar-refractivity contribution in [2.24, 2.45) is 17.3 Å². The smallest absolute Gasteiger partial charge is 0.245 e. The number of hydrogen-bond acceptors (Lipinski definition) is 2. The molecule has 0 aromatic heterocycles. The Morgan fingerprint density at radius 2 is 1.70 bits per heavy atom. The minimum Gasteiger partial charge on any atom is -0.344 e. The zero-order valence-electron chi connectivity index (χ0n) is 18.9. The first-order valence-electron chi connectivity index (χ1n) is 11.5. The fraction of sp³-hybridized carbons (Fsp3) is 0.680. The predicted molar refractivity (Wildman–Crippen MR) is 123 cm³/mol. The highest BCUT2D eigenvalue weighted by molar-refractivity contribution is 6.30. The molecule has 1 aliphatic carbocycles. The lowest BCUT2D eigenvalue weighted by Gasteiger charge is -2.46. The van der Waals surface area contributed by atoms with E-state index in [4.69, 9.17) is 11.6 Å². The van der Waals surface area contributed by atoms with Gasteiger partial charge in [0.2, 0.25) is 11.8 Å². The van der Waals surface area contributed by atoms with Crippen molar-refractivity contribution >= 4 is 23.4 Å². The van der Waals surface area contributed by atoms with Crippen LogP contribution in [0.5, 0.6) is 0 Å². The molecular formula is C25H37ClN2O2. The summed E-state index contributed by atoms with van der Waals surface area (Å²) in [4.78, 5) is 28.2. The number of piperidine rings is 1. The third-order valence-corrected chi connectivity index (χ3v) is 7.27. The van der Waals surface area contributed by atoms with Gasteiger partial charge in [0.05, 0.1) is 0 Å². The molecule has 0 radical (unpaired) electrons. The van der Waals surface area contributed by atoms with Gasteiger partial charge in [-0.3, -0.25) is 9.59 Å². The molecule has 1 aromatic rings. The molecular weight excluding hydrogens is 396 g/mol. The summed E-state index contributed by atoms with van der Waals surface area (Å²) >= 11 is 6.06. The molecule has 0 spiro atoms. The van der Waals surface area contributed by atoms with E-state index in [0.717, 1.165) is 43.7 Å². The van der Waals surface area contributed by atoms with E-state index in [1.165, 1.54) is 12.0 Å². The average Bonchev–Trinajstić information content (AvgIpc) is 2.72. The van der Waals surface area contributed by atoms with Crippen LogP contribution in [-0.4, -0.2) is 35.8 Å². The van der Waals surface area contributed by atoms with Crippen molar-refractivity contribution in [3.05, 3.63) is 34.9 Å². The Morgan fingerprint density at radius 1 is 1.07 bits per heavy atom. The molecule has 1 saturated carbocycles. The van der Waals surface area contributed by atoms with Gasteiger partial charge >= 0.3 is 0 Å². The number of halogens is 1. The third kappa shape index (κ3) is 5.38. The predicted octanol–water partition coefficient (Wildman–Crippen LogP) is 5.40. The van der Waals surface area contributed by atoms with Crippen LogP contribution in [0.4, 0.5) is 0 Å². The van der Waals surface area contributed by atoms with Crippen molar-refractivity contribution in [3.8, 4) is 0 Å². The number of carbonyl (C=O) groups is 2. The highest BCUT2D eigenvalue weighted by Gasteiger charge is 2.40. The molecule has 30 heavy (non-hydrogen) atoms. The van der Waals surface area contributed by atoms with E-state index < -0.39 is 6.04 Å². The summed E-state index contributed by atoms with van der Waals surface area (Å²) in [7, 11) is 0. The maximum absolute atomic E-state index is 13.4. The lowest BCUT2D eigenvalue weighted by Crippen LogP contribution is -2.56. The highest BCUT2D eigenvalue weighted by atomic mass is 35.5. The first kappa shape index (κ1) is 23.1. The molecule has 1 N–H and O–H groups in total. The number of benzene rings is 1. The Bertz CT molecular complexity index is 738. The normalized spacial score (nSPS) is 23.3. The van der Waals surface area contributed by atoms with E-state index in [1.807, 2.05) is 30.9 Å². The highest BCUT2D eigenvalue weighted by Crippen LogP contribution is 2.42. The van der Waals surface area contributed by atoms with Crippen LogP contribution in [0.3, 0.4) is 0 Å². The number of carbonyl (C=O) groups excluding carboxylic acids is 2. The molecule has 3 rings (SSSR count). The van der Waals surface area contributed by atoms with Crippen molar-refractivity contribution in [3.63, 3.8) is 0 Å². The third-order valence-electron chi connectivity index (χ3n) is 7.02. The summed E-state index contributed by atoms with van der Waals surface area (Å²) in [5, 5.41) is 3.86. The topological polar surface area (TPSA) is 49.4 Å². The molecule has 0 bridgehead atoms. The van der Waals surface area contributed by atoms with Crippen molar-refractivity contribution < 1.29 is 9.59 Å². The average molecular weight is 433 g/mol. The SMILES string of the molecule is CC(C)[C@@H](NC(=O)C1CCCCC1)C(=O)N1CCC(c2ccc(Cl)cc2)C(C)(C)C1. The summed E-state index contributed by atoms with van der Waals surface area (Å²) in [5.74, 6) is 0.657. The molecule has 1 heterocycles. The molecule has 2 atom stereocenters.